The predicted octanol–water partition coefficient (Wildman–Crippen LogP) is 1.24. The van der Waals surface area contributed by atoms with E-state index in [-0.39, 0.29) is 13.1 Å². The molecule has 0 aliphatic carbocycles. The Morgan fingerprint density at radius 3 is 2.33 bits per heavy atom. The number of alkyl halides is 3. The number of ether oxygens (including phenoxy) is 1. The first-order valence-corrected chi connectivity index (χ1v) is 4.97. The Balaban J connectivity index is 3.73. The Bertz CT molecular complexity index is 153. The summed E-state index contributed by atoms with van der Waals surface area (Å²) in [6, 6.07) is 0. The Morgan fingerprint density at radius 2 is 1.87 bits per heavy atom. The van der Waals surface area contributed by atoms with Gasteiger partial charge in [-0.1, -0.05) is 0 Å². The van der Waals surface area contributed by atoms with Crippen LogP contribution in [0.4, 0.5) is 13.2 Å². The van der Waals surface area contributed by atoms with Crippen LogP contribution in [0.1, 0.15) is 12.8 Å². The molecule has 0 aliphatic heterocycles. The topological polar surface area (TPSA) is 38.5 Å². The highest BCUT2D eigenvalue weighted by atomic mass is 19.4. The van der Waals surface area contributed by atoms with Crippen LogP contribution in [-0.4, -0.2) is 51.0 Å². The Morgan fingerprint density at radius 1 is 1.20 bits per heavy atom. The Kier molecular flexibility index (Phi) is 7.72. The minimum Gasteiger partial charge on any atom is -0.385 e. The molecular formula is C9H19F3N2O. The van der Waals surface area contributed by atoms with Crippen LogP contribution < -0.4 is 5.73 Å². The van der Waals surface area contributed by atoms with Crippen LogP contribution in [0.2, 0.25) is 0 Å². The molecule has 3 nitrogen and oxygen atoms in total. The van der Waals surface area contributed by atoms with Gasteiger partial charge in [-0.15, -0.1) is 0 Å². The summed E-state index contributed by atoms with van der Waals surface area (Å²) in [5.41, 5.74) is 5.24. The van der Waals surface area contributed by atoms with Crippen LogP contribution >= 0.6 is 0 Å². The van der Waals surface area contributed by atoms with E-state index < -0.39 is 12.7 Å². The maximum Gasteiger partial charge on any atom is 0.401 e. The van der Waals surface area contributed by atoms with Gasteiger partial charge in [-0.05, 0) is 19.4 Å². The van der Waals surface area contributed by atoms with Crippen LogP contribution in [0.25, 0.3) is 0 Å². The van der Waals surface area contributed by atoms with Crippen molar-refractivity contribution >= 4 is 0 Å². The zero-order chi connectivity index (χ0) is 11.7. The van der Waals surface area contributed by atoms with E-state index >= 15 is 0 Å². The normalized spacial score (nSPS) is 12.4. The zero-order valence-corrected chi connectivity index (χ0v) is 9.02. The van der Waals surface area contributed by atoms with E-state index in [9.17, 15) is 13.2 Å². The molecule has 0 amide bonds. The monoisotopic (exact) mass is 228 g/mol. The number of nitrogens with two attached hydrogens (primary N) is 1. The Labute approximate surface area is 88.4 Å². The van der Waals surface area contributed by atoms with Crippen LogP contribution in [0.15, 0.2) is 0 Å². The van der Waals surface area contributed by atoms with Gasteiger partial charge in [0, 0.05) is 26.8 Å². The summed E-state index contributed by atoms with van der Waals surface area (Å²) in [6.07, 6.45) is -2.67. The predicted molar refractivity (Wildman–Crippen MR) is 52.7 cm³/mol. The molecule has 15 heavy (non-hydrogen) atoms. The van der Waals surface area contributed by atoms with Crippen LogP contribution in [0, 0.1) is 0 Å². The molecule has 0 bridgehead atoms. The van der Waals surface area contributed by atoms with E-state index in [1.165, 1.54) is 4.90 Å². The Hall–Kier alpha value is -0.330. The second kappa shape index (κ2) is 7.90. The lowest BCUT2D eigenvalue weighted by molar-refractivity contribution is -0.145. The van der Waals surface area contributed by atoms with Crippen molar-refractivity contribution in [2.24, 2.45) is 5.73 Å². The molecule has 0 fully saturated rings. The number of hydrogen-bond acceptors (Lipinski definition) is 3. The van der Waals surface area contributed by atoms with Crippen molar-refractivity contribution in [3.05, 3.63) is 0 Å². The maximum atomic E-state index is 12.1. The molecule has 0 heterocycles. The fourth-order valence-corrected chi connectivity index (χ4v) is 1.29. The first kappa shape index (κ1) is 14.7. The van der Waals surface area contributed by atoms with Gasteiger partial charge in [0.05, 0.1) is 6.54 Å². The van der Waals surface area contributed by atoms with Gasteiger partial charge in [-0.2, -0.15) is 13.2 Å². The molecule has 92 valence electrons. The van der Waals surface area contributed by atoms with Gasteiger partial charge >= 0.3 is 6.18 Å². The summed E-state index contributed by atoms with van der Waals surface area (Å²) < 4.78 is 41.1. The summed E-state index contributed by atoms with van der Waals surface area (Å²) in [5.74, 6) is 0. The van der Waals surface area contributed by atoms with Crippen LogP contribution in [0.3, 0.4) is 0 Å². The molecule has 0 saturated heterocycles. The quantitative estimate of drug-likeness (QED) is 0.635. The van der Waals surface area contributed by atoms with Gasteiger partial charge in [0.2, 0.25) is 0 Å². The molecule has 0 aromatic carbocycles. The van der Waals surface area contributed by atoms with Gasteiger partial charge in [-0.3, -0.25) is 4.90 Å². The smallest absolute Gasteiger partial charge is 0.385 e. The molecule has 0 aromatic heterocycles. The number of unbranched alkanes of at least 4 members (excludes halogenated alkanes) is 1. The molecule has 0 unspecified atom stereocenters. The van der Waals surface area contributed by atoms with Crippen molar-refractivity contribution in [3.8, 4) is 0 Å². The zero-order valence-electron chi connectivity index (χ0n) is 9.02. The highest BCUT2D eigenvalue weighted by Gasteiger charge is 2.29. The molecule has 0 aromatic rings. The number of methoxy groups -OCH3 is 1. The van der Waals surface area contributed by atoms with Crippen LogP contribution in [-0.2, 0) is 4.74 Å². The molecule has 0 spiro atoms. The summed E-state index contributed by atoms with van der Waals surface area (Å²) in [7, 11) is 1.58. The molecule has 0 saturated carbocycles. The average molecular weight is 228 g/mol. The van der Waals surface area contributed by atoms with Crippen molar-refractivity contribution in [1.82, 2.24) is 4.90 Å². The van der Waals surface area contributed by atoms with Gasteiger partial charge in [0.1, 0.15) is 0 Å². The molecular weight excluding hydrogens is 209 g/mol. The van der Waals surface area contributed by atoms with Crippen molar-refractivity contribution in [2.75, 3.05) is 39.9 Å². The molecule has 0 atom stereocenters. The van der Waals surface area contributed by atoms with Gasteiger partial charge in [0.25, 0.3) is 0 Å². The number of halogens is 3. The van der Waals surface area contributed by atoms with Gasteiger partial charge < -0.3 is 10.5 Å². The lowest BCUT2D eigenvalue weighted by Crippen LogP contribution is -2.38. The number of nitrogens with zero attached hydrogens (tertiary/aromatic N) is 1. The summed E-state index contributed by atoms with van der Waals surface area (Å²) in [4.78, 5) is 1.33. The molecule has 0 rings (SSSR count). The van der Waals surface area contributed by atoms with Crippen molar-refractivity contribution in [2.45, 2.75) is 19.0 Å². The minimum absolute atomic E-state index is 0.250. The van der Waals surface area contributed by atoms with Crippen molar-refractivity contribution in [3.63, 3.8) is 0 Å². The van der Waals surface area contributed by atoms with Crippen molar-refractivity contribution < 1.29 is 17.9 Å². The third-order valence-corrected chi connectivity index (χ3v) is 1.92. The number of hydrogen-bond donors (Lipinski definition) is 1. The van der Waals surface area contributed by atoms with E-state index in [1.807, 2.05) is 0 Å². The molecule has 2 N–H and O–H groups in total. The standard InChI is InChI=1S/C9H19F3N2O/c1-15-7-3-2-5-14(6-4-13)8-9(10,11)12/h2-8,13H2,1H3. The molecule has 0 aliphatic rings. The van der Waals surface area contributed by atoms with Crippen LogP contribution in [0.5, 0.6) is 0 Å². The second-order valence-corrected chi connectivity index (χ2v) is 3.38. The van der Waals surface area contributed by atoms with E-state index in [0.29, 0.717) is 19.6 Å². The molecule has 0 radical (unpaired) electrons. The van der Waals surface area contributed by atoms with E-state index in [0.717, 1.165) is 6.42 Å². The fraction of sp³-hybridized carbons (Fsp3) is 1.00. The third-order valence-electron chi connectivity index (χ3n) is 1.92. The third kappa shape index (κ3) is 9.96. The van der Waals surface area contributed by atoms with Gasteiger partial charge in [-0.25, -0.2) is 0 Å². The van der Waals surface area contributed by atoms with E-state index in [2.05, 4.69) is 0 Å². The fourth-order valence-electron chi connectivity index (χ4n) is 1.29. The van der Waals surface area contributed by atoms with Crippen molar-refractivity contribution in [1.29, 1.82) is 0 Å². The maximum absolute atomic E-state index is 12.1. The van der Waals surface area contributed by atoms with Gasteiger partial charge in [0.15, 0.2) is 0 Å². The highest BCUT2D eigenvalue weighted by Crippen LogP contribution is 2.16. The second-order valence-electron chi connectivity index (χ2n) is 3.38. The first-order chi connectivity index (χ1) is 6.99. The minimum atomic E-state index is -4.14. The highest BCUT2D eigenvalue weighted by molar-refractivity contribution is 4.63. The largest absolute Gasteiger partial charge is 0.401 e. The number of rotatable bonds is 8. The summed E-state index contributed by atoms with van der Waals surface area (Å²) in [6.45, 7) is 0.659. The van der Waals surface area contributed by atoms with E-state index in [1.54, 1.807) is 7.11 Å². The average Bonchev–Trinajstić information content (AvgIpc) is 2.10. The summed E-state index contributed by atoms with van der Waals surface area (Å²) in [5, 5.41) is 0. The molecule has 6 heteroatoms. The lowest BCUT2D eigenvalue weighted by Gasteiger charge is -2.22. The van der Waals surface area contributed by atoms with E-state index in [4.69, 9.17) is 10.5 Å². The SMILES string of the molecule is COCCCCN(CCN)CC(F)(F)F. The first-order valence-electron chi connectivity index (χ1n) is 4.97. The lowest BCUT2D eigenvalue weighted by atomic mass is 10.3. The summed E-state index contributed by atoms with van der Waals surface area (Å²) >= 11 is 0.